The number of phenolic OH excluding ortho intramolecular Hbond substituents is 1. The maximum Gasteiger partial charge on any atom is 0.159 e. The van der Waals surface area contributed by atoms with Gasteiger partial charge in [0.15, 0.2) is 6.10 Å². The van der Waals surface area contributed by atoms with Gasteiger partial charge in [-0.15, -0.1) is 0 Å². The summed E-state index contributed by atoms with van der Waals surface area (Å²) >= 11 is 0. The Balaban J connectivity index is 1.64. The van der Waals surface area contributed by atoms with Crippen LogP contribution in [0.2, 0.25) is 0 Å². The lowest BCUT2D eigenvalue weighted by molar-refractivity contribution is 0.0855. The van der Waals surface area contributed by atoms with Gasteiger partial charge in [0.1, 0.15) is 11.6 Å². The van der Waals surface area contributed by atoms with Crippen molar-refractivity contribution in [3.05, 3.63) is 53.7 Å². The van der Waals surface area contributed by atoms with Gasteiger partial charge >= 0.3 is 0 Å². The number of nitrogens with two attached hydrogens (primary N) is 1. The molecule has 0 spiro atoms. The van der Waals surface area contributed by atoms with Crippen molar-refractivity contribution in [1.29, 1.82) is 0 Å². The SMILES string of the molecule is Nc1ccc(C2CC(Cc3ccc(O)cc3)=NO2)cn1. The Kier molecular flexibility index (Phi) is 3.25. The number of nitrogens with zero attached hydrogens (tertiary/aromatic N) is 2. The summed E-state index contributed by atoms with van der Waals surface area (Å²) in [6.45, 7) is 0. The number of hydrogen-bond donors (Lipinski definition) is 2. The molecule has 0 saturated heterocycles. The fourth-order valence-corrected chi connectivity index (χ4v) is 2.17. The summed E-state index contributed by atoms with van der Waals surface area (Å²) in [6.07, 6.45) is 3.10. The normalized spacial score (nSPS) is 17.6. The van der Waals surface area contributed by atoms with E-state index in [2.05, 4.69) is 10.1 Å². The van der Waals surface area contributed by atoms with Gasteiger partial charge < -0.3 is 15.7 Å². The van der Waals surface area contributed by atoms with Gasteiger partial charge in [0, 0.05) is 24.6 Å². The van der Waals surface area contributed by atoms with E-state index < -0.39 is 0 Å². The number of pyridine rings is 1. The molecule has 1 aliphatic rings. The zero-order valence-corrected chi connectivity index (χ0v) is 10.9. The van der Waals surface area contributed by atoms with E-state index >= 15 is 0 Å². The first-order valence-electron chi connectivity index (χ1n) is 6.41. The zero-order chi connectivity index (χ0) is 13.9. The second-order valence-electron chi connectivity index (χ2n) is 4.82. The Labute approximate surface area is 116 Å². The second-order valence-corrected chi connectivity index (χ2v) is 4.82. The van der Waals surface area contributed by atoms with Gasteiger partial charge in [0.2, 0.25) is 0 Å². The molecule has 0 bridgehead atoms. The number of benzene rings is 1. The first-order valence-corrected chi connectivity index (χ1v) is 6.41. The van der Waals surface area contributed by atoms with Gasteiger partial charge in [-0.2, -0.15) is 0 Å². The van der Waals surface area contributed by atoms with E-state index in [-0.39, 0.29) is 11.9 Å². The number of oxime groups is 1. The average molecular weight is 269 g/mol. The van der Waals surface area contributed by atoms with Crippen LogP contribution in [0.25, 0.3) is 0 Å². The molecule has 1 aliphatic heterocycles. The molecule has 2 heterocycles. The maximum absolute atomic E-state index is 9.26. The molecule has 0 radical (unpaired) electrons. The molecule has 0 amide bonds. The number of nitrogen functional groups attached to an aromatic ring is 1. The van der Waals surface area contributed by atoms with Crippen molar-refractivity contribution >= 4 is 11.5 Å². The topological polar surface area (TPSA) is 80.7 Å². The third-order valence-corrected chi connectivity index (χ3v) is 3.26. The van der Waals surface area contributed by atoms with Crippen LogP contribution in [0.1, 0.15) is 23.7 Å². The summed E-state index contributed by atoms with van der Waals surface area (Å²) in [4.78, 5) is 9.51. The van der Waals surface area contributed by atoms with Gasteiger partial charge in [-0.3, -0.25) is 0 Å². The fourth-order valence-electron chi connectivity index (χ4n) is 2.17. The van der Waals surface area contributed by atoms with Crippen molar-refractivity contribution in [2.45, 2.75) is 18.9 Å². The first kappa shape index (κ1) is 12.5. The minimum atomic E-state index is -0.0878. The van der Waals surface area contributed by atoms with Crippen LogP contribution in [-0.2, 0) is 11.3 Å². The monoisotopic (exact) mass is 269 g/mol. The van der Waals surface area contributed by atoms with Gasteiger partial charge in [-0.25, -0.2) is 4.98 Å². The van der Waals surface area contributed by atoms with Crippen molar-refractivity contribution in [2.75, 3.05) is 5.73 Å². The predicted octanol–water partition coefficient (Wildman–Crippen LogP) is 2.43. The van der Waals surface area contributed by atoms with E-state index in [0.717, 1.165) is 29.7 Å². The van der Waals surface area contributed by atoms with Crippen LogP contribution in [-0.4, -0.2) is 15.8 Å². The van der Waals surface area contributed by atoms with Crippen LogP contribution in [0.4, 0.5) is 5.82 Å². The lowest BCUT2D eigenvalue weighted by atomic mass is 10.0. The Morgan fingerprint density at radius 3 is 2.70 bits per heavy atom. The molecule has 0 fully saturated rings. The molecule has 1 unspecified atom stereocenters. The van der Waals surface area contributed by atoms with Crippen LogP contribution in [0.5, 0.6) is 5.75 Å². The molecule has 3 N–H and O–H groups in total. The fraction of sp³-hybridized carbons (Fsp3) is 0.200. The van der Waals surface area contributed by atoms with Gasteiger partial charge in [0.05, 0.1) is 5.71 Å². The Morgan fingerprint density at radius 1 is 1.20 bits per heavy atom. The van der Waals surface area contributed by atoms with Crippen molar-refractivity contribution in [2.24, 2.45) is 5.16 Å². The summed E-state index contributed by atoms with van der Waals surface area (Å²) in [5.41, 5.74) is 8.62. The number of hydrogen-bond acceptors (Lipinski definition) is 5. The van der Waals surface area contributed by atoms with Gasteiger partial charge in [0.25, 0.3) is 0 Å². The molecule has 5 heteroatoms. The van der Waals surface area contributed by atoms with Crippen molar-refractivity contribution < 1.29 is 9.94 Å². The Morgan fingerprint density at radius 2 is 2.00 bits per heavy atom. The highest BCUT2D eigenvalue weighted by atomic mass is 16.6. The second kappa shape index (κ2) is 5.21. The van der Waals surface area contributed by atoms with E-state index in [1.165, 1.54) is 0 Å². The summed E-state index contributed by atoms with van der Waals surface area (Å²) < 4.78 is 0. The molecule has 0 saturated carbocycles. The number of phenols is 1. The van der Waals surface area contributed by atoms with E-state index in [0.29, 0.717) is 5.82 Å². The first-order chi connectivity index (χ1) is 9.70. The molecule has 1 aromatic heterocycles. The molecule has 3 rings (SSSR count). The summed E-state index contributed by atoms with van der Waals surface area (Å²) in [6, 6.07) is 10.8. The molecule has 2 aromatic rings. The largest absolute Gasteiger partial charge is 0.508 e. The zero-order valence-electron chi connectivity index (χ0n) is 10.9. The summed E-state index contributed by atoms with van der Waals surface area (Å²) in [5, 5.41) is 13.4. The predicted molar refractivity (Wildman–Crippen MR) is 76.3 cm³/mol. The van der Waals surface area contributed by atoms with E-state index in [1.54, 1.807) is 24.4 Å². The maximum atomic E-state index is 9.26. The summed E-state index contributed by atoms with van der Waals surface area (Å²) in [5.74, 6) is 0.765. The molecular weight excluding hydrogens is 254 g/mol. The number of anilines is 1. The minimum Gasteiger partial charge on any atom is -0.508 e. The lowest BCUT2D eigenvalue weighted by Gasteiger charge is -2.07. The van der Waals surface area contributed by atoms with E-state index in [9.17, 15) is 5.11 Å². The van der Waals surface area contributed by atoms with Crippen molar-refractivity contribution in [3.63, 3.8) is 0 Å². The van der Waals surface area contributed by atoms with Crippen LogP contribution in [0.3, 0.4) is 0 Å². The molecular formula is C15H15N3O2. The van der Waals surface area contributed by atoms with E-state index in [4.69, 9.17) is 10.6 Å². The summed E-state index contributed by atoms with van der Waals surface area (Å²) in [7, 11) is 0. The van der Waals surface area contributed by atoms with Gasteiger partial charge in [-0.05, 0) is 23.8 Å². The lowest BCUT2D eigenvalue weighted by Crippen LogP contribution is -2.04. The van der Waals surface area contributed by atoms with Crippen LogP contribution >= 0.6 is 0 Å². The van der Waals surface area contributed by atoms with Crippen LogP contribution in [0.15, 0.2) is 47.8 Å². The Hall–Kier alpha value is -2.56. The highest BCUT2D eigenvalue weighted by molar-refractivity contribution is 5.87. The minimum absolute atomic E-state index is 0.0878. The number of aromatic nitrogens is 1. The standard InChI is InChI=1S/C15H15N3O2/c16-15-6-3-11(9-17-15)14-8-12(18-20-14)7-10-1-4-13(19)5-2-10/h1-6,9,14,19H,7-8H2,(H2,16,17). The quantitative estimate of drug-likeness (QED) is 0.896. The number of aromatic hydroxyl groups is 1. The molecule has 1 atom stereocenters. The van der Waals surface area contributed by atoms with Crippen LogP contribution < -0.4 is 5.73 Å². The van der Waals surface area contributed by atoms with Crippen molar-refractivity contribution in [3.8, 4) is 5.75 Å². The highest BCUT2D eigenvalue weighted by Crippen LogP contribution is 2.28. The van der Waals surface area contributed by atoms with Crippen molar-refractivity contribution in [1.82, 2.24) is 4.98 Å². The third-order valence-electron chi connectivity index (χ3n) is 3.26. The molecule has 102 valence electrons. The molecule has 5 nitrogen and oxygen atoms in total. The van der Waals surface area contributed by atoms with E-state index in [1.807, 2.05) is 18.2 Å². The third kappa shape index (κ3) is 2.71. The highest BCUT2D eigenvalue weighted by Gasteiger charge is 2.23. The Bertz CT molecular complexity index is 621. The molecule has 1 aromatic carbocycles. The molecule has 0 aliphatic carbocycles. The van der Waals surface area contributed by atoms with Gasteiger partial charge in [-0.1, -0.05) is 23.4 Å². The number of rotatable bonds is 3. The molecule has 20 heavy (non-hydrogen) atoms. The van der Waals surface area contributed by atoms with Crippen LogP contribution in [0, 0.1) is 0 Å². The smallest absolute Gasteiger partial charge is 0.159 e. The average Bonchev–Trinajstić information content (AvgIpc) is 2.91.